The van der Waals surface area contributed by atoms with Crippen molar-refractivity contribution in [3.05, 3.63) is 101 Å². The monoisotopic (exact) mass is 700 g/mol. The second-order valence-electron chi connectivity index (χ2n) is 17.6. The highest BCUT2D eigenvalue weighted by molar-refractivity contribution is 7.36. The van der Waals surface area contributed by atoms with Gasteiger partial charge in [0.1, 0.15) is 5.75 Å². The van der Waals surface area contributed by atoms with Gasteiger partial charge >= 0.3 is 6.18 Å². The first-order valence-electron chi connectivity index (χ1n) is 17.0. The third-order valence-corrected chi connectivity index (χ3v) is 9.83. The SMILES string of the molecule is CC(C)(C)c1ccc2cc(-c3c(OP([O-])[O-])ccc(C(F)(F)F)c3-c3cc4ccc(C(C)(C)C)cc4cc3C(C)(C)C)c(C(C)(C)C)cc2c1. The highest BCUT2D eigenvalue weighted by Crippen LogP contribution is 2.53. The smallest absolute Gasteiger partial charge is 0.417 e. The quantitative estimate of drug-likeness (QED) is 0.175. The van der Waals surface area contributed by atoms with Gasteiger partial charge in [0.05, 0.1) is 5.56 Å². The van der Waals surface area contributed by atoms with E-state index in [9.17, 15) is 9.79 Å². The van der Waals surface area contributed by atoms with Gasteiger partial charge in [-0.05, 0) is 113 Å². The molecule has 0 saturated carbocycles. The Kier molecular flexibility index (Phi) is 9.57. The zero-order valence-electron chi connectivity index (χ0n) is 31.2. The van der Waals surface area contributed by atoms with Gasteiger partial charge < -0.3 is 14.3 Å². The summed E-state index contributed by atoms with van der Waals surface area (Å²) < 4.78 is 51.4. The third kappa shape index (κ3) is 7.59. The molecule has 0 spiro atoms. The van der Waals surface area contributed by atoms with Crippen molar-refractivity contribution >= 4 is 30.1 Å². The minimum atomic E-state index is -4.76. The number of hydrogen-bond acceptors (Lipinski definition) is 3. The van der Waals surface area contributed by atoms with Gasteiger partial charge in [-0.2, -0.15) is 13.2 Å². The molecule has 7 heteroatoms. The fourth-order valence-electron chi connectivity index (χ4n) is 6.71. The van der Waals surface area contributed by atoms with Gasteiger partial charge in [0.25, 0.3) is 0 Å². The number of rotatable bonds is 4. The molecule has 0 amide bonds. The molecule has 5 aromatic rings. The Hall–Kier alpha value is -3.44. The average Bonchev–Trinajstić information content (AvgIpc) is 2.96. The van der Waals surface area contributed by atoms with E-state index < -0.39 is 31.2 Å². The van der Waals surface area contributed by atoms with Crippen LogP contribution < -0.4 is 14.3 Å². The van der Waals surface area contributed by atoms with Crippen molar-refractivity contribution in [3.8, 4) is 28.0 Å². The fraction of sp³-hybridized carbons (Fsp3) is 0.395. The van der Waals surface area contributed by atoms with Crippen LogP contribution in [-0.4, -0.2) is 0 Å². The first kappa shape index (κ1) is 37.8. The van der Waals surface area contributed by atoms with Crippen LogP contribution in [0.25, 0.3) is 43.8 Å². The molecular formula is C43H48F3O3P-2. The highest BCUT2D eigenvalue weighted by atomic mass is 31.2. The molecule has 0 saturated heterocycles. The summed E-state index contributed by atoms with van der Waals surface area (Å²) >= 11 is 0. The van der Waals surface area contributed by atoms with Gasteiger partial charge in [-0.3, -0.25) is 0 Å². The van der Waals surface area contributed by atoms with Crippen molar-refractivity contribution in [2.75, 3.05) is 0 Å². The Bertz CT molecular complexity index is 2080. The van der Waals surface area contributed by atoms with E-state index in [-0.39, 0.29) is 27.7 Å². The molecular weight excluding hydrogens is 652 g/mol. The minimum Gasteiger partial charge on any atom is -0.810 e. The zero-order valence-corrected chi connectivity index (χ0v) is 32.1. The molecule has 0 N–H and O–H groups in total. The summed E-state index contributed by atoms with van der Waals surface area (Å²) in [5.41, 5.74) is 2.37. The van der Waals surface area contributed by atoms with Crippen LogP contribution in [0.3, 0.4) is 0 Å². The molecule has 0 heterocycles. The number of alkyl halides is 3. The van der Waals surface area contributed by atoms with E-state index in [1.54, 1.807) is 0 Å². The maximum atomic E-state index is 15.3. The topological polar surface area (TPSA) is 55.3 Å². The lowest BCUT2D eigenvalue weighted by molar-refractivity contribution is -0.310. The number of benzene rings is 5. The summed E-state index contributed by atoms with van der Waals surface area (Å²) in [6, 6.07) is 22.0. The molecule has 0 aliphatic carbocycles. The van der Waals surface area contributed by atoms with Crippen molar-refractivity contribution < 1.29 is 27.5 Å². The Labute approximate surface area is 296 Å². The highest BCUT2D eigenvalue weighted by Gasteiger charge is 2.38. The largest absolute Gasteiger partial charge is 0.810 e. The van der Waals surface area contributed by atoms with E-state index in [1.807, 2.05) is 90.1 Å². The molecule has 0 unspecified atom stereocenters. The summed E-state index contributed by atoms with van der Waals surface area (Å²) in [6.45, 7) is 24.8. The van der Waals surface area contributed by atoms with Crippen LogP contribution in [0, 0.1) is 0 Å². The molecule has 0 radical (unpaired) electrons. The van der Waals surface area contributed by atoms with Gasteiger partial charge in [0.15, 0.2) is 0 Å². The summed E-state index contributed by atoms with van der Waals surface area (Å²) in [4.78, 5) is 24.4. The maximum absolute atomic E-state index is 15.3. The predicted octanol–water partition coefficient (Wildman–Crippen LogP) is 11.9. The standard InChI is InChI=1S/C43H48F3O3P/c1-39(2,3)29-15-13-25-21-31(34(41(7,8)9)23-27(25)19-29)37-33(43(44,45)46)17-18-36(49-50(47)48)38(37)32-22-26-14-16-30(40(4,5)6)20-28(26)24-35(32)42(10,11)12/h13-24H,1-12H3/q-2. The molecule has 0 aliphatic rings. The van der Waals surface area contributed by atoms with E-state index in [2.05, 4.69) is 53.7 Å². The molecule has 50 heavy (non-hydrogen) atoms. The second kappa shape index (κ2) is 12.7. The summed E-state index contributed by atoms with van der Waals surface area (Å²) in [5, 5.41) is 3.48. The summed E-state index contributed by atoms with van der Waals surface area (Å²) in [7, 11) is -3.45. The Morgan fingerprint density at radius 1 is 0.460 bits per heavy atom. The summed E-state index contributed by atoms with van der Waals surface area (Å²) in [6.07, 6.45) is -4.76. The lowest BCUT2D eigenvalue weighted by Gasteiger charge is -2.34. The maximum Gasteiger partial charge on any atom is 0.417 e. The van der Waals surface area contributed by atoms with E-state index in [0.717, 1.165) is 50.4 Å². The molecule has 0 aromatic heterocycles. The molecule has 0 atom stereocenters. The Morgan fingerprint density at radius 2 is 0.880 bits per heavy atom. The molecule has 0 bridgehead atoms. The number of fused-ring (bicyclic) bond motifs is 2. The molecule has 266 valence electrons. The lowest BCUT2D eigenvalue weighted by atomic mass is 9.74. The van der Waals surface area contributed by atoms with Crippen LogP contribution in [0.15, 0.2) is 72.8 Å². The van der Waals surface area contributed by atoms with E-state index in [4.69, 9.17) is 4.52 Å². The van der Waals surface area contributed by atoms with E-state index >= 15 is 13.2 Å². The Balaban J connectivity index is 2.02. The van der Waals surface area contributed by atoms with Crippen molar-refractivity contribution in [1.82, 2.24) is 0 Å². The van der Waals surface area contributed by atoms with Crippen LogP contribution in [0.4, 0.5) is 13.2 Å². The van der Waals surface area contributed by atoms with Gasteiger partial charge in [0.2, 0.25) is 0 Å². The Morgan fingerprint density at radius 3 is 1.24 bits per heavy atom. The van der Waals surface area contributed by atoms with Crippen molar-refractivity contribution in [3.63, 3.8) is 0 Å². The normalized spacial score (nSPS) is 13.5. The second-order valence-corrected chi connectivity index (χ2v) is 18.2. The molecule has 0 fully saturated rings. The first-order chi connectivity index (χ1) is 22.8. The number of hydrogen-bond donors (Lipinski definition) is 0. The van der Waals surface area contributed by atoms with Crippen LogP contribution >= 0.6 is 8.60 Å². The average molecular weight is 701 g/mol. The van der Waals surface area contributed by atoms with Gasteiger partial charge in [-0.25, -0.2) is 0 Å². The zero-order chi connectivity index (χ0) is 37.4. The van der Waals surface area contributed by atoms with Crippen LogP contribution in [0.5, 0.6) is 5.75 Å². The van der Waals surface area contributed by atoms with Crippen LogP contribution in [-0.2, 0) is 27.8 Å². The van der Waals surface area contributed by atoms with Crippen LogP contribution in [0.1, 0.15) is 111 Å². The van der Waals surface area contributed by atoms with Crippen molar-refractivity contribution in [2.45, 2.75) is 111 Å². The van der Waals surface area contributed by atoms with Gasteiger partial charge in [-0.1, -0.05) is 128 Å². The predicted molar refractivity (Wildman–Crippen MR) is 200 cm³/mol. The lowest BCUT2D eigenvalue weighted by Crippen LogP contribution is -2.18. The third-order valence-electron chi connectivity index (χ3n) is 9.49. The molecule has 5 aromatic carbocycles. The van der Waals surface area contributed by atoms with Crippen LogP contribution in [0.2, 0.25) is 0 Å². The van der Waals surface area contributed by atoms with Gasteiger partial charge in [-0.15, -0.1) is 0 Å². The summed E-state index contributed by atoms with van der Waals surface area (Å²) in [5.74, 6) is -0.150. The van der Waals surface area contributed by atoms with Crippen molar-refractivity contribution in [1.29, 1.82) is 0 Å². The fourth-order valence-corrected chi connectivity index (χ4v) is 7.02. The molecule has 5 rings (SSSR count). The van der Waals surface area contributed by atoms with E-state index in [1.165, 1.54) is 0 Å². The van der Waals surface area contributed by atoms with Gasteiger partial charge in [0, 0.05) is 11.1 Å². The molecule has 0 aliphatic heterocycles. The van der Waals surface area contributed by atoms with E-state index in [0.29, 0.717) is 16.7 Å². The molecule has 3 nitrogen and oxygen atoms in total. The minimum absolute atomic E-state index is 0.0990. The van der Waals surface area contributed by atoms with Crippen molar-refractivity contribution in [2.24, 2.45) is 0 Å². The number of halogens is 3. The first-order valence-corrected chi connectivity index (χ1v) is 18.1.